The van der Waals surface area contributed by atoms with Gasteiger partial charge in [0.1, 0.15) is 5.82 Å². The van der Waals surface area contributed by atoms with Gasteiger partial charge in [0.15, 0.2) is 11.6 Å². The van der Waals surface area contributed by atoms with Crippen molar-refractivity contribution in [2.45, 2.75) is 0 Å². The van der Waals surface area contributed by atoms with Gasteiger partial charge < -0.3 is 4.18 Å². The lowest BCUT2D eigenvalue weighted by Crippen LogP contribution is -2.07. The maximum absolute atomic E-state index is 13.0. The first-order valence-corrected chi connectivity index (χ1v) is 6.23. The van der Waals surface area contributed by atoms with E-state index in [1.165, 1.54) is 0 Å². The molecule has 0 aliphatic carbocycles. The van der Waals surface area contributed by atoms with Crippen LogP contribution >= 0.6 is 22.6 Å². The molecule has 0 heterocycles. The van der Waals surface area contributed by atoms with Crippen LogP contribution in [0.5, 0.6) is 5.75 Å². The minimum Gasteiger partial charge on any atom is -0.379 e. The molecule has 7 heteroatoms. The smallest absolute Gasteiger partial charge is 0.306 e. The highest BCUT2D eigenvalue weighted by Crippen LogP contribution is 2.23. The Hall–Kier alpha value is -0.440. The summed E-state index contributed by atoms with van der Waals surface area (Å²) in [5.74, 6) is -2.28. The van der Waals surface area contributed by atoms with E-state index in [1.54, 1.807) is 22.6 Å². The summed E-state index contributed by atoms with van der Waals surface area (Å²) >= 11 is 1.58. The van der Waals surface area contributed by atoms with Crippen molar-refractivity contribution in [3.05, 3.63) is 27.3 Å². The molecule has 1 aromatic carbocycles. The summed E-state index contributed by atoms with van der Waals surface area (Å²) in [6.45, 7) is 0. The first-order chi connectivity index (χ1) is 6.29. The van der Waals surface area contributed by atoms with Crippen molar-refractivity contribution >= 4 is 32.7 Å². The van der Waals surface area contributed by atoms with E-state index in [9.17, 15) is 17.2 Å². The fourth-order valence-electron chi connectivity index (χ4n) is 0.731. The van der Waals surface area contributed by atoms with Gasteiger partial charge in [-0.05, 0) is 28.7 Å². The summed E-state index contributed by atoms with van der Waals surface area (Å²) in [5, 5.41) is 0. The summed E-state index contributed by atoms with van der Waals surface area (Å²) in [7, 11) is -3.84. The van der Waals surface area contributed by atoms with Crippen LogP contribution in [0.2, 0.25) is 0 Å². The monoisotopic (exact) mass is 334 g/mol. The van der Waals surface area contributed by atoms with Crippen LogP contribution in [0.25, 0.3) is 0 Å². The van der Waals surface area contributed by atoms with Gasteiger partial charge in [0.05, 0.1) is 9.83 Å². The lowest BCUT2D eigenvalue weighted by Gasteiger charge is -2.04. The summed E-state index contributed by atoms with van der Waals surface area (Å²) in [6.07, 6.45) is 0.752. The maximum atomic E-state index is 13.0. The van der Waals surface area contributed by atoms with Gasteiger partial charge in [0.25, 0.3) is 0 Å². The van der Waals surface area contributed by atoms with E-state index in [2.05, 4.69) is 4.18 Å². The number of hydrogen-bond donors (Lipinski definition) is 0. The predicted molar refractivity (Wildman–Crippen MR) is 54.5 cm³/mol. The summed E-state index contributed by atoms with van der Waals surface area (Å²) < 4.78 is 51.4. The zero-order valence-electron chi connectivity index (χ0n) is 6.92. The SMILES string of the molecule is CS(=O)(=O)Oc1cc(F)c(I)cc1F. The van der Waals surface area contributed by atoms with Gasteiger partial charge in [-0.15, -0.1) is 0 Å². The minimum atomic E-state index is -3.84. The molecule has 0 spiro atoms. The quantitative estimate of drug-likeness (QED) is 0.471. The number of benzene rings is 1. The predicted octanol–water partition coefficient (Wildman–Crippen LogP) is 1.91. The Morgan fingerprint density at radius 1 is 1.29 bits per heavy atom. The Labute approximate surface area is 93.3 Å². The lowest BCUT2D eigenvalue weighted by molar-refractivity contribution is 0.461. The third-order valence-corrected chi connectivity index (χ3v) is 2.52. The van der Waals surface area contributed by atoms with Crippen LogP contribution in [0.1, 0.15) is 0 Å². The molecule has 0 aliphatic heterocycles. The molecule has 0 atom stereocenters. The molecule has 0 saturated carbocycles. The second-order valence-electron chi connectivity index (χ2n) is 2.48. The van der Waals surface area contributed by atoms with Gasteiger partial charge in [-0.2, -0.15) is 8.42 Å². The van der Waals surface area contributed by atoms with E-state index in [4.69, 9.17) is 0 Å². The summed E-state index contributed by atoms with van der Waals surface area (Å²) in [4.78, 5) is 0. The molecule has 0 N–H and O–H groups in total. The highest BCUT2D eigenvalue weighted by atomic mass is 127. The van der Waals surface area contributed by atoms with Crippen molar-refractivity contribution in [3.63, 3.8) is 0 Å². The molecule has 0 saturated heterocycles. The van der Waals surface area contributed by atoms with Gasteiger partial charge in [-0.25, -0.2) is 8.78 Å². The Kier molecular flexibility index (Phi) is 3.30. The molecule has 3 nitrogen and oxygen atoms in total. The van der Waals surface area contributed by atoms with Gasteiger partial charge in [-0.1, -0.05) is 0 Å². The van der Waals surface area contributed by atoms with Gasteiger partial charge in [-0.3, -0.25) is 0 Å². The highest BCUT2D eigenvalue weighted by Gasteiger charge is 2.13. The maximum Gasteiger partial charge on any atom is 0.306 e. The lowest BCUT2D eigenvalue weighted by atomic mass is 10.3. The molecule has 0 fully saturated rings. The Morgan fingerprint density at radius 2 is 1.86 bits per heavy atom. The minimum absolute atomic E-state index is 0.0564. The Bertz CT molecular complexity index is 458. The first-order valence-electron chi connectivity index (χ1n) is 3.33. The van der Waals surface area contributed by atoms with Crippen molar-refractivity contribution in [2.75, 3.05) is 6.26 Å². The van der Waals surface area contributed by atoms with E-state index in [0.717, 1.165) is 12.3 Å². The standard InChI is InChI=1S/C7H5F2IO3S/c1-14(11,12)13-7-3-4(8)6(10)2-5(7)9/h2-3H,1H3. The molecular weight excluding hydrogens is 329 g/mol. The van der Waals surface area contributed by atoms with Crippen LogP contribution in [-0.4, -0.2) is 14.7 Å². The molecule has 0 amide bonds. The van der Waals surface area contributed by atoms with Crippen LogP contribution in [0.3, 0.4) is 0 Å². The van der Waals surface area contributed by atoms with E-state index in [1.807, 2.05) is 0 Å². The Balaban J connectivity index is 3.17. The van der Waals surface area contributed by atoms with Crippen LogP contribution in [0, 0.1) is 15.2 Å². The summed E-state index contributed by atoms with van der Waals surface area (Å²) in [6, 6.07) is 1.55. The van der Waals surface area contributed by atoms with Crippen molar-refractivity contribution < 1.29 is 21.4 Å². The van der Waals surface area contributed by atoms with Gasteiger partial charge in [0.2, 0.25) is 0 Å². The van der Waals surface area contributed by atoms with Crippen LogP contribution in [-0.2, 0) is 10.1 Å². The van der Waals surface area contributed by atoms with Crippen molar-refractivity contribution in [3.8, 4) is 5.75 Å². The van der Waals surface area contributed by atoms with E-state index in [0.29, 0.717) is 6.07 Å². The Morgan fingerprint density at radius 3 is 2.36 bits per heavy atom. The normalized spacial score (nSPS) is 11.4. The average molecular weight is 334 g/mol. The fraction of sp³-hybridized carbons (Fsp3) is 0.143. The van der Waals surface area contributed by atoms with Crippen molar-refractivity contribution in [1.82, 2.24) is 0 Å². The van der Waals surface area contributed by atoms with Crippen LogP contribution < -0.4 is 4.18 Å². The number of halogens is 3. The van der Waals surface area contributed by atoms with Crippen molar-refractivity contribution in [1.29, 1.82) is 0 Å². The third-order valence-electron chi connectivity index (χ3n) is 1.22. The molecule has 1 aromatic rings. The molecule has 0 radical (unpaired) electrons. The number of rotatable bonds is 2. The first kappa shape index (κ1) is 11.6. The second kappa shape index (κ2) is 3.97. The highest BCUT2D eigenvalue weighted by molar-refractivity contribution is 14.1. The number of hydrogen-bond acceptors (Lipinski definition) is 3. The third kappa shape index (κ3) is 3.05. The molecule has 1 rings (SSSR count). The van der Waals surface area contributed by atoms with E-state index >= 15 is 0 Å². The van der Waals surface area contributed by atoms with Crippen LogP contribution in [0.4, 0.5) is 8.78 Å². The molecular formula is C7H5F2IO3S. The van der Waals surface area contributed by atoms with Gasteiger partial charge >= 0.3 is 10.1 Å². The largest absolute Gasteiger partial charge is 0.379 e. The summed E-state index contributed by atoms with van der Waals surface area (Å²) in [5.41, 5.74) is 0. The average Bonchev–Trinajstić information content (AvgIpc) is 1.97. The van der Waals surface area contributed by atoms with E-state index in [-0.39, 0.29) is 3.57 Å². The zero-order chi connectivity index (χ0) is 10.9. The molecule has 78 valence electrons. The zero-order valence-corrected chi connectivity index (χ0v) is 9.90. The van der Waals surface area contributed by atoms with Gasteiger partial charge in [0, 0.05) is 6.07 Å². The molecule has 14 heavy (non-hydrogen) atoms. The molecule has 0 aromatic heterocycles. The van der Waals surface area contributed by atoms with E-state index < -0.39 is 27.5 Å². The molecule has 0 aliphatic rings. The molecule has 0 bridgehead atoms. The van der Waals surface area contributed by atoms with Crippen LogP contribution in [0.15, 0.2) is 12.1 Å². The fourth-order valence-corrected chi connectivity index (χ4v) is 1.61. The second-order valence-corrected chi connectivity index (χ2v) is 5.22. The van der Waals surface area contributed by atoms with Crippen molar-refractivity contribution in [2.24, 2.45) is 0 Å². The molecule has 0 unspecified atom stereocenters. The topological polar surface area (TPSA) is 43.4 Å².